The van der Waals surface area contributed by atoms with Crippen molar-refractivity contribution in [3.05, 3.63) is 53.1 Å². The summed E-state index contributed by atoms with van der Waals surface area (Å²) in [6.45, 7) is 0.817. The molecule has 0 bridgehead atoms. The van der Waals surface area contributed by atoms with E-state index in [0.717, 1.165) is 31.6 Å². The highest BCUT2D eigenvalue weighted by Crippen LogP contribution is 2.35. The lowest BCUT2D eigenvalue weighted by atomic mass is 9.98. The lowest BCUT2D eigenvalue weighted by molar-refractivity contribution is 0.357. The van der Waals surface area contributed by atoms with Gasteiger partial charge in [-0.25, -0.2) is 0 Å². The van der Waals surface area contributed by atoms with Crippen LogP contribution in [0.15, 0.2) is 36.4 Å². The molecule has 1 aliphatic heterocycles. The van der Waals surface area contributed by atoms with Crippen molar-refractivity contribution in [3.8, 4) is 16.9 Å². The Morgan fingerprint density at radius 3 is 2.63 bits per heavy atom. The van der Waals surface area contributed by atoms with Crippen molar-refractivity contribution in [1.82, 2.24) is 0 Å². The number of rotatable bonds is 1. The van der Waals surface area contributed by atoms with E-state index in [1.807, 2.05) is 0 Å². The normalized spacial score (nSPS) is 19.9. The summed E-state index contributed by atoms with van der Waals surface area (Å²) in [6.07, 6.45) is 3.22. The molecule has 0 saturated carbocycles. The third-order valence-electron chi connectivity index (χ3n) is 4.29. The Morgan fingerprint density at radius 1 is 0.947 bits per heavy atom. The first-order chi connectivity index (χ1) is 9.31. The maximum absolute atomic E-state index is 6.09. The fraction of sp³-hybridized carbons (Fsp3) is 0.294. The van der Waals surface area contributed by atoms with E-state index in [4.69, 9.17) is 10.5 Å². The molecule has 2 nitrogen and oxygen atoms in total. The topological polar surface area (TPSA) is 35.2 Å². The van der Waals surface area contributed by atoms with Crippen molar-refractivity contribution in [1.29, 1.82) is 0 Å². The van der Waals surface area contributed by atoms with Crippen LogP contribution >= 0.6 is 0 Å². The van der Waals surface area contributed by atoms with Crippen molar-refractivity contribution in [3.63, 3.8) is 0 Å². The van der Waals surface area contributed by atoms with Gasteiger partial charge < -0.3 is 10.5 Å². The second kappa shape index (κ2) is 4.10. The molecule has 0 amide bonds. The summed E-state index contributed by atoms with van der Waals surface area (Å²) in [6, 6.07) is 13.4. The molecule has 1 aliphatic carbocycles. The molecule has 2 aliphatic rings. The Labute approximate surface area is 113 Å². The molecule has 2 N–H and O–H groups in total. The molecular weight excluding hydrogens is 234 g/mol. The zero-order chi connectivity index (χ0) is 12.8. The van der Waals surface area contributed by atoms with Gasteiger partial charge in [-0.2, -0.15) is 0 Å². The second-order valence-corrected chi connectivity index (χ2v) is 5.48. The monoisotopic (exact) mass is 251 g/mol. The van der Waals surface area contributed by atoms with Gasteiger partial charge in [0.05, 0.1) is 6.61 Å². The zero-order valence-electron chi connectivity index (χ0n) is 10.9. The van der Waals surface area contributed by atoms with Crippen molar-refractivity contribution in [2.45, 2.75) is 25.3 Å². The number of hydrogen-bond donors (Lipinski definition) is 1. The molecular formula is C17H17NO. The van der Waals surface area contributed by atoms with Crippen molar-refractivity contribution in [2.75, 3.05) is 6.61 Å². The number of hydrogen-bond acceptors (Lipinski definition) is 2. The highest BCUT2D eigenvalue weighted by Gasteiger charge is 2.19. The van der Waals surface area contributed by atoms with Crippen molar-refractivity contribution in [2.24, 2.45) is 5.73 Å². The summed E-state index contributed by atoms with van der Waals surface area (Å²) < 4.78 is 5.56. The Balaban J connectivity index is 1.77. The number of benzene rings is 2. The largest absolute Gasteiger partial charge is 0.493 e. The van der Waals surface area contributed by atoms with Crippen LogP contribution in [0, 0.1) is 0 Å². The third-order valence-corrected chi connectivity index (χ3v) is 4.29. The number of aryl methyl sites for hydroxylation is 1. The third kappa shape index (κ3) is 1.75. The van der Waals surface area contributed by atoms with Gasteiger partial charge in [0.25, 0.3) is 0 Å². The van der Waals surface area contributed by atoms with Crippen molar-refractivity contribution >= 4 is 0 Å². The van der Waals surface area contributed by atoms with Gasteiger partial charge in [-0.3, -0.25) is 0 Å². The minimum atomic E-state index is 0.234. The van der Waals surface area contributed by atoms with Crippen LogP contribution in [0.3, 0.4) is 0 Å². The lowest BCUT2D eigenvalue weighted by Gasteiger charge is -2.08. The predicted octanol–water partition coefficient (Wildman–Crippen LogP) is 3.23. The summed E-state index contributed by atoms with van der Waals surface area (Å²) in [5, 5.41) is 0. The first-order valence-corrected chi connectivity index (χ1v) is 6.96. The van der Waals surface area contributed by atoms with Gasteiger partial charge in [-0.15, -0.1) is 0 Å². The van der Waals surface area contributed by atoms with Crippen LogP contribution in [0.1, 0.15) is 29.2 Å². The average Bonchev–Trinajstić information content (AvgIpc) is 3.04. The van der Waals surface area contributed by atoms with E-state index >= 15 is 0 Å². The fourth-order valence-corrected chi connectivity index (χ4v) is 3.20. The summed E-state index contributed by atoms with van der Waals surface area (Å²) in [5.74, 6) is 1.05. The molecule has 0 aromatic heterocycles. The van der Waals surface area contributed by atoms with Gasteiger partial charge in [0.1, 0.15) is 5.75 Å². The summed E-state index contributed by atoms with van der Waals surface area (Å²) in [7, 11) is 0. The van der Waals surface area contributed by atoms with Gasteiger partial charge in [0, 0.05) is 12.5 Å². The Bertz CT molecular complexity index is 648. The van der Waals surface area contributed by atoms with Crippen LogP contribution in [0.5, 0.6) is 5.75 Å². The molecule has 1 heterocycles. The molecule has 0 saturated heterocycles. The van der Waals surface area contributed by atoms with Crippen LogP contribution in [-0.2, 0) is 12.8 Å². The maximum Gasteiger partial charge on any atom is 0.122 e. The Morgan fingerprint density at radius 2 is 1.74 bits per heavy atom. The van der Waals surface area contributed by atoms with Crippen LogP contribution in [0.2, 0.25) is 0 Å². The molecule has 1 atom stereocenters. The summed E-state index contributed by atoms with van der Waals surface area (Å²) >= 11 is 0. The van der Waals surface area contributed by atoms with E-state index in [1.165, 1.54) is 27.8 Å². The standard InChI is InChI=1S/C17H17NO/c18-16-5-2-13-9-11(1-4-15(13)16)12-3-6-17-14(10-12)7-8-19-17/h1,3-4,6,9-10,16H,2,5,7-8,18H2. The van der Waals surface area contributed by atoms with Gasteiger partial charge in [-0.05, 0) is 52.8 Å². The smallest absolute Gasteiger partial charge is 0.122 e. The van der Waals surface area contributed by atoms with Gasteiger partial charge in [0.2, 0.25) is 0 Å². The van der Waals surface area contributed by atoms with Crippen LogP contribution in [0.25, 0.3) is 11.1 Å². The molecule has 1 unspecified atom stereocenters. The molecule has 2 aromatic rings. The molecule has 96 valence electrons. The molecule has 2 heteroatoms. The quantitative estimate of drug-likeness (QED) is 0.844. The van der Waals surface area contributed by atoms with Crippen LogP contribution < -0.4 is 10.5 Å². The molecule has 4 rings (SSSR count). The van der Waals surface area contributed by atoms with E-state index in [1.54, 1.807) is 0 Å². The van der Waals surface area contributed by atoms with Gasteiger partial charge in [-0.1, -0.05) is 24.3 Å². The molecule has 2 aromatic carbocycles. The number of ether oxygens (including phenoxy) is 1. The number of nitrogens with two attached hydrogens (primary N) is 1. The molecule has 19 heavy (non-hydrogen) atoms. The Hall–Kier alpha value is -1.80. The predicted molar refractivity (Wildman–Crippen MR) is 76.3 cm³/mol. The second-order valence-electron chi connectivity index (χ2n) is 5.48. The number of fused-ring (bicyclic) bond motifs is 2. The van der Waals surface area contributed by atoms with Gasteiger partial charge >= 0.3 is 0 Å². The average molecular weight is 251 g/mol. The highest BCUT2D eigenvalue weighted by atomic mass is 16.5. The fourth-order valence-electron chi connectivity index (χ4n) is 3.20. The first-order valence-electron chi connectivity index (χ1n) is 6.96. The van der Waals surface area contributed by atoms with Gasteiger partial charge in [0.15, 0.2) is 0 Å². The molecule has 0 spiro atoms. The molecule has 0 radical (unpaired) electrons. The summed E-state index contributed by atoms with van der Waals surface area (Å²) in [4.78, 5) is 0. The first kappa shape index (κ1) is 11.1. The van der Waals surface area contributed by atoms with Crippen molar-refractivity contribution < 1.29 is 4.74 Å². The van der Waals surface area contributed by atoms with Crippen LogP contribution in [0.4, 0.5) is 0 Å². The van der Waals surface area contributed by atoms with Crippen LogP contribution in [-0.4, -0.2) is 6.61 Å². The Kier molecular flexibility index (Phi) is 2.39. The summed E-state index contributed by atoms with van der Waals surface area (Å²) in [5.41, 5.74) is 12.7. The lowest BCUT2D eigenvalue weighted by Crippen LogP contribution is -2.04. The SMILES string of the molecule is NC1CCc2cc(-c3ccc4c(c3)CCO4)ccc21. The van der Waals surface area contributed by atoms with E-state index < -0.39 is 0 Å². The minimum Gasteiger partial charge on any atom is -0.493 e. The van der Waals surface area contributed by atoms with E-state index in [9.17, 15) is 0 Å². The minimum absolute atomic E-state index is 0.234. The zero-order valence-corrected chi connectivity index (χ0v) is 10.9. The van der Waals surface area contributed by atoms with E-state index in [2.05, 4.69) is 36.4 Å². The van der Waals surface area contributed by atoms with E-state index in [0.29, 0.717) is 0 Å². The van der Waals surface area contributed by atoms with E-state index in [-0.39, 0.29) is 6.04 Å². The molecule has 0 fully saturated rings. The maximum atomic E-state index is 6.09. The highest BCUT2D eigenvalue weighted by molar-refractivity contribution is 5.68.